The van der Waals surface area contributed by atoms with E-state index >= 15 is 0 Å². The number of nitrogens with zero attached hydrogens (tertiary/aromatic N) is 3. The second-order valence-electron chi connectivity index (χ2n) is 5.42. The van der Waals surface area contributed by atoms with Gasteiger partial charge in [-0.15, -0.1) is 0 Å². The standard InChI is InChI=1S/C18H14N4OS/c1-11-17(20-13-7-3-2-6-12(13)19-11)16(23)10-24-18-21-14-8-4-5-9-15(14)22-18/h2-9H,10H2,1H3,(H,21,22). The van der Waals surface area contributed by atoms with Gasteiger partial charge < -0.3 is 4.98 Å². The number of para-hydroxylation sites is 4. The molecule has 0 aliphatic rings. The number of aromatic nitrogens is 4. The van der Waals surface area contributed by atoms with E-state index in [0.717, 1.165) is 27.2 Å². The van der Waals surface area contributed by atoms with E-state index in [9.17, 15) is 4.79 Å². The van der Waals surface area contributed by atoms with Crippen LogP contribution in [0.3, 0.4) is 0 Å². The van der Waals surface area contributed by atoms with Crippen molar-refractivity contribution in [3.8, 4) is 0 Å². The fourth-order valence-corrected chi connectivity index (χ4v) is 3.30. The lowest BCUT2D eigenvalue weighted by atomic mass is 10.2. The first-order chi connectivity index (χ1) is 11.7. The summed E-state index contributed by atoms with van der Waals surface area (Å²) < 4.78 is 0. The molecule has 0 fully saturated rings. The molecule has 5 nitrogen and oxygen atoms in total. The van der Waals surface area contributed by atoms with Crippen LogP contribution >= 0.6 is 11.8 Å². The quantitative estimate of drug-likeness (QED) is 0.454. The number of Topliss-reactive ketones (excluding diaryl/α,β-unsaturated/α-hetero) is 1. The summed E-state index contributed by atoms with van der Waals surface area (Å²) in [6.07, 6.45) is 0. The van der Waals surface area contributed by atoms with Crippen LogP contribution in [0.5, 0.6) is 0 Å². The number of aromatic amines is 1. The lowest BCUT2D eigenvalue weighted by Gasteiger charge is -2.05. The van der Waals surface area contributed by atoms with E-state index in [1.54, 1.807) is 0 Å². The number of carbonyl (C=O) groups is 1. The summed E-state index contributed by atoms with van der Waals surface area (Å²) in [6, 6.07) is 15.4. The minimum atomic E-state index is -0.0452. The van der Waals surface area contributed by atoms with Gasteiger partial charge in [0.2, 0.25) is 0 Å². The fourth-order valence-electron chi connectivity index (χ4n) is 2.55. The van der Waals surface area contributed by atoms with Crippen LogP contribution in [0.15, 0.2) is 53.7 Å². The lowest BCUT2D eigenvalue weighted by Crippen LogP contribution is -2.09. The Bertz CT molecular complexity index is 1020. The lowest BCUT2D eigenvalue weighted by molar-refractivity contribution is 0.101. The molecule has 6 heteroatoms. The summed E-state index contributed by atoms with van der Waals surface area (Å²) >= 11 is 1.38. The minimum Gasteiger partial charge on any atom is -0.333 e. The fraction of sp³-hybridized carbons (Fsp3) is 0.111. The van der Waals surface area contributed by atoms with Crippen LogP contribution in [-0.4, -0.2) is 31.5 Å². The molecule has 24 heavy (non-hydrogen) atoms. The van der Waals surface area contributed by atoms with E-state index in [1.807, 2.05) is 55.5 Å². The zero-order valence-electron chi connectivity index (χ0n) is 13.0. The van der Waals surface area contributed by atoms with Crippen molar-refractivity contribution in [2.45, 2.75) is 12.1 Å². The van der Waals surface area contributed by atoms with E-state index in [2.05, 4.69) is 19.9 Å². The number of imidazole rings is 1. The molecule has 2 heterocycles. The summed E-state index contributed by atoms with van der Waals surface area (Å²) in [5, 5.41) is 0.732. The van der Waals surface area contributed by atoms with Gasteiger partial charge >= 0.3 is 0 Å². The molecular formula is C18H14N4OS. The molecule has 0 saturated heterocycles. The van der Waals surface area contributed by atoms with Crippen molar-refractivity contribution in [2.75, 3.05) is 5.75 Å². The predicted octanol–water partition coefficient (Wildman–Crippen LogP) is 3.79. The number of nitrogens with one attached hydrogen (secondary N) is 1. The van der Waals surface area contributed by atoms with Crippen molar-refractivity contribution in [2.24, 2.45) is 0 Å². The Balaban J connectivity index is 1.56. The third-order valence-electron chi connectivity index (χ3n) is 3.72. The van der Waals surface area contributed by atoms with Crippen molar-refractivity contribution in [1.29, 1.82) is 0 Å². The Labute approximate surface area is 142 Å². The Hall–Kier alpha value is -2.73. The Kier molecular flexibility index (Phi) is 3.74. The highest BCUT2D eigenvalue weighted by atomic mass is 32.2. The first-order valence-electron chi connectivity index (χ1n) is 7.55. The maximum atomic E-state index is 12.5. The molecule has 0 aliphatic carbocycles. The number of fused-ring (bicyclic) bond motifs is 2. The number of benzene rings is 2. The number of rotatable bonds is 4. The number of ketones is 1. The van der Waals surface area contributed by atoms with Gasteiger partial charge in [-0.25, -0.2) is 15.0 Å². The van der Waals surface area contributed by atoms with Crippen LogP contribution in [0.25, 0.3) is 22.1 Å². The molecule has 0 radical (unpaired) electrons. The van der Waals surface area contributed by atoms with Crippen molar-refractivity contribution in [3.63, 3.8) is 0 Å². The molecule has 4 rings (SSSR count). The summed E-state index contributed by atoms with van der Waals surface area (Å²) in [7, 11) is 0. The number of aryl methyl sites for hydroxylation is 1. The van der Waals surface area contributed by atoms with Gasteiger partial charge in [-0.05, 0) is 31.2 Å². The summed E-state index contributed by atoms with van der Waals surface area (Å²) in [5.74, 6) is 0.226. The van der Waals surface area contributed by atoms with Crippen molar-refractivity contribution >= 4 is 39.6 Å². The highest BCUT2D eigenvalue weighted by Crippen LogP contribution is 2.21. The Morgan fingerprint density at radius 1 is 0.958 bits per heavy atom. The van der Waals surface area contributed by atoms with Crippen molar-refractivity contribution < 1.29 is 4.79 Å². The SMILES string of the molecule is Cc1nc2ccccc2nc1C(=O)CSc1nc2ccccc2[nH]1. The highest BCUT2D eigenvalue weighted by Gasteiger charge is 2.15. The van der Waals surface area contributed by atoms with Crippen LogP contribution in [0, 0.1) is 6.92 Å². The van der Waals surface area contributed by atoms with Gasteiger partial charge in [0.15, 0.2) is 10.9 Å². The third-order valence-corrected chi connectivity index (χ3v) is 4.59. The normalized spacial score (nSPS) is 11.2. The molecule has 4 aromatic rings. The monoisotopic (exact) mass is 334 g/mol. The van der Waals surface area contributed by atoms with Gasteiger partial charge in [-0.3, -0.25) is 4.79 Å². The average Bonchev–Trinajstić information content (AvgIpc) is 3.02. The Morgan fingerprint density at radius 3 is 2.38 bits per heavy atom. The molecular weight excluding hydrogens is 320 g/mol. The smallest absolute Gasteiger partial charge is 0.193 e. The topological polar surface area (TPSA) is 71.5 Å². The van der Waals surface area contributed by atoms with E-state index in [0.29, 0.717) is 11.4 Å². The maximum Gasteiger partial charge on any atom is 0.193 e. The van der Waals surface area contributed by atoms with Crippen LogP contribution in [0.2, 0.25) is 0 Å². The molecule has 2 aromatic heterocycles. The average molecular weight is 334 g/mol. The summed E-state index contributed by atoms with van der Waals surface area (Å²) in [5.41, 5.74) is 4.49. The second kappa shape index (κ2) is 6.05. The van der Waals surface area contributed by atoms with E-state index in [4.69, 9.17) is 0 Å². The summed E-state index contributed by atoms with van der Waals surface area (Å²) in [4.78, 5) is 29.2. The van der Waals surface area contributed by atoms with E-state index in [-0.39, 0.29) is 11.5 Å². The zero-order chi connectivity index (χ0) is 16.5. The van der Waals surface area contributed by atoms with Gasteiger partial charge in [0.1, 0.15) is 5.69 Å². The number of H-pyrrole nitrogens is 1. The van der Waals surface area contributed by atoms with Crippen LogP contribution < -0.4 is 0 Å². The molecule has 118 valence electrons. The molecule has 2 aromatic carbocycles. The van der Waals surface area contributed by atoms with Crippen LogP contribution in [-0.2, 0) is 0 Å². The molecule has 0 aliphatic heterocycles. The molecule has 0 bridgehead atoms. The second-order valence-corrected chi connectivity index (χ2v) is 6.38. The number of thioether (sulfide) groups is 1. The van der Waals surface area contributed by atoms with E-state index in [1.165, 1.54) is 11.8 Å². The molecule has 0 atom stereocenters. The van der Waals surface area contributed by atoms with Crippen molar-refractivity contribution in [1.82, 2.24) is 19.9 Å². The maximum absolute atomic E-state index is 12.5. The number of hydrogen-bond donors (Lipinski definition) is 1. The van der Waals surface area contributed by atoms with Gasteiger partial charge in [0.25, 0.3) is 0 Å². The highest BCUT2D eigenvalue weighted by molar-refractivity contribution is 7.99. The first-order valence-corrected chi connectivity index (χ1v) is 8.53. The zero-order valence-corrected chi connectivity index (χ0v) is 13.8. The third kappa shape index (κ3) is 2.76. The van der Waals surface area contributed by atoms with E-state index < -0.39 is 0 Å². The van der Waals surface area contributed by atoms with Crippen LogP contribution in [0.1, 0.15) is 16.2 Å². The Morgan fingerprint density at radius 2 is 1.62 bits per heavy atom. The molecule has 0 spiro atoms. The summed E-state index contributed by atoms with van der Waals surface area (Å²) in [6.45, 7) is 1.82. The molecule has 1 N–H and O–H groups in total. The minimum absolute atomic E-state index is 0.0452. The van der Waals surface area contributed by atoms with Crippen LogP contribution in [0.4, 0.5) is 0 Å². The van der Waals surface area contributed by atoms with Crippen molar-refractivity contribution in [3.05, 3.63) is 59.9 Å². The van der Waals surface area contributed by atoms with Gasteiger partial charge in [-0.2, -0.15) is 0 Å². The number of carbonyl (C=O) groups excluding carboxylic acids is 1. The molecule has 0 amide bonds. The number of hydrogen-bond acceptors (Lipinski definition) is 5. The first kappa shape index (κ1) is 14.8. The largest absolute Gasteiger partial charge is 0.333 e. The molecule has 0 unspecified atom stereocenters. The van der Waals surface area contributed by atoms with Gasteiger partial charge in [-0.1, -0.05) is 36.0 Å². The van der Waals surface area contributed by atoms with Gasteiger partial charge in [0.05, 0.1) is 33.5 Å². The molecule has 0 saturated carbocycles. The predicted molar refractivity (Wildman–Crippen MR) is 95.4 cm³/mol. The van der Waals surface area contributed by atoms with Gasteiger partial charge in [0, 0.05) is 0 Å².